The second kappa shape index (κ2) is 29.5. The van der Waals surface area contributed by atoms with Crippen molar-refractivity contribution >= 4 is 114 Å². The Morgan fingerprint density at radius 2 is 0.567 bits per heavy atom. The minimum Gasteiger partial charge on any atom is -0.311 e. The van der Waals surface area contributed by atoms with Gasteiger partial charge in [0.25, 0.3) is 13.4 Å². The van der Waals surface area contributed by atoms with Gasteiger partial charge in [-0.2, -0.15) is 0 Å². The first-order valence-electron chi connectivity index (χ1n) is 46.1. The predicted molar refractivity (Wildman–Crippen MR) is 544 cm³/mol. The van der Waals surface area contributed by atoms with Gasteiger partial charge in [0.1, 0.15) is 0 Å². The zero-order valence-electron chi connectivity index (χ0n) is 76.2. The molecule has 0 radical (unpaired) electrons. The molecule has 6 aliphatic rings. The fraction of sp³-hybridized carbons (Fsp3) is 0.207. The van der Waals surface area contributed by atoms with E-state index in [4.69, 9.17) is 0 Å². The van der Waals surface area contributed by atoms with E-state index in [0.29, 0.717) is 0 Å². The highest BCUT2D eigenvalue weighted by molar-refractivity contribution is 7.01. The van der Waals surface area contributed by atoms with E-state index in [-0.39, 0.29) is 45.9 Å². The largest absolute Gasteiger partial charge is 0.311 e. The Kier molecular flexibility index (Phi) is 18.5. The molecule has 0 saturated carbocycles. The normalized spacial score (nSPS) is 15.6. The summed E-state index contributed by atoms with van der Waals surface area (Å²) in [6.45, 7) is 36.3. The molecule has 0 spiro atoms. The lowest BCUT2D eigenvalue weighted by Gasteiger charge is -2.48. The van der Waals surface area contributed by atoms with Gasteiger partial charge < -0.3 is 19.6 Å². The Morgan fingerprint density at radius 3 is 0.969 bits per heavy atom. The fourth-order valence-electron chi connectivity index (χ4n) is 23.2. The van der Waals surface area contributed by atoms with Gasteiger partial charge in [0.05, 0.1) is 11.4 Å². The lowest BCUT2D eigenvalue weighted by molar-refractivity contribution is 0.332. The van der Waals surface area contributed by atoms with Crippen LogP contribution in [0.3, 0.4) is 0 Å². The molecule has 0 aromatic heterocycles. The summed E-state index contributed by atoms with van der Waals surface area (Å²) in [7, 11) is 0. The Hall–Kier alpha value is -13.2. The quantitative estimate of drug-likeness (QED) is 0.107. The maximum atomic E-state index is 2.69. The molecule has 620 valence electrons. The van der Waals surface area contributed by atoms with Crippen LogP contribution in [0.2, 0.25) is 0 Å². The van der Waals surface area contributed by atoms with E-state index < -0.39 is 0 Å². The number of benzene rings is 16. The van der Waals surface area contributed by atoms with Gasteiger partial charge in [-0.15, -0.1) is 0 Å². The molecule has 4 nitrogen and oxygen atoms in total. The van der Waals surface area contributed by atoms with E-state index in [0.717, 1.165) is 37.1 Å². The maximum Gasteiger partial charge on any atom is 0.252 e. The number of nitrogens with zero attached hydrogens (tertiary/aromatic N) is 4. The van der Waals surface area contributed by atoms with Gasteiger partial charge >= 0.3 is 0 Å². The summed E-state index contributed by atoms with van der Waals surface area (Å²) in [4.78, 5) is 10.5. The minimum absolute atomic E-state index is 0.0113. The van der Waals surface area contributed by atoms with Crippen LogP contribution in [0.15, 0.2) is 346 Å². The standard InChI is InChI=1S/C121H110B2N4/c1-77-63-110-114-112(65-77)126(104-59-51-90(116(3,4)5)69-94(104)86-37-27-19-28-38-86)108-73-98-96(117(6,7)61-62-118(98,8)9)71-102(108)122(114)100-67-88(81-33-23-17-24-34-81)49-57-106(100)125(110)93-55-47-85(48-56-93)83-43-41-79(42-44-83)75-119(10,11)91-52-60-105(95(70-91)87-39-29-20-30-40-87)127-109-74-99-97(120(12,13)76-121(99,14)15)72-103(109)123-101-68-89(82-35-25-18-26-36-82)50-58-107(101)124(111-64-78(2)66-113(127)115(111)123)92-53-45-84(46-54-92)80-31-21-16-22-32-80/h16-60,63-74H,61-62,75-76H2,1-15H3. The van der Waals surface area contributed by atoms with Crippen molar-refractivity contribution in [1.29, 1.82) is 0 Å². The molecule has 0 unspecified atom stereocenters. The van der Waals surface area contributed by atoms with Gasteiger partial charge in [-0.1, -0.05) is 339 Å². The lowest BCUT2D eigenvalue weighted by atomic mass is 9.33. The number of anilines is 12. The minimum atomic E-state index is -0.264. The number of rotatable bonds is 13. The highest BCUT2D eigenvalue weighted by Crippen LogP contribution is 2.57. The molecule has 16 aromatic carbocycles. The highest BCUT2D eigenvalue weighted by Gasteiger charge is 2.51. The van der Waals surface area contributed by atoms with Crippen LogP contribution in [-0.2, 0) is 38.9 Å². The number of hydrogen-bond donors (Lipinski definition) is 0. The number of hydrogen-bond acceptors (Lipinski definition) is 4. The monoisotopic (exact) mass is 1640 g/mol. The van der Waals surface area contributed by atoms with Crippen molar-refractivity contribution in [1.82, 2.24) is 0 Å². The first-order chi connectivity index (χ1) is 61.1. The fourth-order valence-corrected chi connectivity index (χ4v) is 23.2. The Labute approximate surface area is 753 Å². The van der Waals surface area contributed by atoms with E-state index in [2.05, 4.69) is 469 Å². The van der Waals surface area contributed by atoms with Crippen LogP contribution < -0.4 is 52.4 Å². The summed E-state index contributed by atoms with van der Waals surface area (Å²) in [6, 6.07) is 133. The predicted octanol–water partition coefficient (Wildman–Crippen LogP) is 28.6. The average Bonchev–Trinajstić information content (AvgIpc) is 1.62. The Balaban J connectivity index is 0.638. The molecule has 0 bridgehead atoms. The highest BCUT2D eigenvalue weighted by atomic mass is 15.2. The van der Waals surface area contributed by atoms with Crippen molar-refractivity contribution in [2.45, 2.75) is 162 Å². The lowest BCUT2D eigenvalue weighted by Crippen LogP contribution is -2.62. The third-order valence-electron chi connectivity index (χ3n) is 29.7. The number of aryl methyl sites for hydroxylation is 2. The summed E-state index contributed by atoms with van der Waals surface area (Å²) in [5, 5.41) is 0. The summed E-state index contributed by atoms with van der Waals surface area (Å²) >= 11 is 0. The summed E-state index contributed by atoms with van der Waals surface area (Å²) in [5.41, 5.74) is 48.8. The molecule has 0 saturated heterocycles. The van der Waals surface area contributed by atoms with E-state index in [1.807, 2.05) is 0 Å². The number of fused-ring (bicyclic) bond motifs is 10. The molecule has 0 N–H and O–H groups in total. The van der Waals surface area contributed by atoms with Crippen LogP contribution in [0.1, 0.15) is 159 Å². The molecule has 22 rings (SSSR count). The van der Waals surface area contributed by atoms with E-state index in [1.54, 1.807) is 0 Å². The molecule has 127 heavy (non-hydrogen) atoms. The summed E-state index contributed by atoms with van der Waals surface area (Å²) < 4.78 is 0. The van der Waals surface area contributed by atoms with E-state index in [9.17, 15) is 0 Å². The molecule has 4 heterocycles. The van der Waals surface area contributed by atoms with Crippen molar-refractivity contribution in [2.24, 2.45) is 0 Å². The van der Waals surface area contributed by atoms with Crippen LogP contribution in [0.25, 0.3) is 66.8 Å². The van der Waals surface area contributed by atoms with Gasteiger partial charge in [0, 0.05) is 68.0 Å². The second-order valence-electron chi connectivity index (χ2n) is 41.7. The molecule has 16 aromatic rings. The molecule has 0 amide bonds. The zero-order chi connectivity index (χ0) is 87.1. The van der Waals surface area contributed by atoms with Gasteiger partial charge in [-0.3, -0.25) is 0 Å². The summed E-state index contributed by atoms with van der Waals surface area (Å²) in [5.74, 6) is 0. The Morgan fingerprint density at radius 1 is 0.260 bits per heavy atom. The van der Waals surface area contributed by atoms with Crippen molar-refractivity contribution in [3.05, 3.63) is 396 Å². The third-order valence-corrected chi connectivity index (χ3v) is 29.7. The molecule has 6 heteroatoms. The SMILES string of the molecule is Cc1cc2c3c(c1)N(c1ccc(C(C)(C)C)cc1-c1ccccc1)c1cc4c(cc1B3c1cc(-c3ccccc3)ccc1N2c1ccc(-c2ccc(CC(C)(C)c3ccc(N5c6cc7c(cc6B6c8cc(-c9ccccc9)ccc8N(c8ccc(-c9ccccc9)cc8)c8cc(C)cc5c86)C(C)(C)CC7(C)C)c(-c5ccccc5)c3)cc2)cc1)C(C)(C)CCC4(C)C. The summed E-state index contributed by atoms with van der Waals surface area (Å²) in [6.07, 6.45) is 4.19. The maximum absolute atomic E-state index is 2.69. The molecular formula is C121H110B2N4. The average molecular weight is 1640 g/mol. The van der Waals surface area contributed by atoms with Gasteiger partial charge in [-0.25, -0.2) is 0 Å². The van der Waals surface area contributed by atoms with Crippen LogP contribution in [0.5, 0.6) is 0 Å². The van der Waals surface area contributed by atoms with Crippen molar-refractivity contribution in [2.75, 3.05) is 19.6 Å². The van der Waals surface area contributed by atoms with E-state index in [1.165, 1.54) is 206 Å². The van der Waals surface area contributed by atoms with Crippen molar-refractivity contribution < 1.29 is 0 Å². The molecular weight excluding hydrogens is 1530 g/mol. The first-order valence-corrected chi connectivity index (χ1v) is 46.1. The first kappa shape index (κ1) is 79.7. The van der Waals surface area contributed by atoms with Crippen LogP contribution in [0, 0.1) is 13.8 Å². The smallest absolute Gasteiger partial charge is 0.252 e. The van der Waals surface area contributed by atoms with Crippen LogP contribution in [-0.4, -0.2) is 13.4 Å². The molecule has 0 fully saturated rings. The van der Waals surface area contributed by atoms with Crippen LogP contribution in [0.4, 0.5) is 68.2 Å². The van der Waals surface area contributed by atoms with Gasteiger partial charge in [-0.05, 0) is 308 Å². The van der Waals surface area contributed by atoms with Crippen molar-refractivity contribution in [3.63, 3.8) is 0 Å². The second-order valence-corrected chi connectivity index (χ2v) is 41.7. The third kappa shape index (κ3) is 13.3. The Bertz CT molecular complexity index is 7080. The van der Waals surface area contributed by atoms with Crippen molar-refractivity contribution in [3.8, 4) is 66.8 Å². The topological polar surface area (TPSA) is 13.0 Å². The molecule has 4 aliphatic heterocycles. The molecule has 2 aliphatic carbocycles. The van der Waals surface area contributed by atoms with E-state index >= 15 is 0 Å². The van der Waals surface area contributed by atoms with Gasteiger partial charge in [0.15, 0.2) is 0 Å². The molecule has 0 atom stereocenters. The van der Waals surface area contributed by atoms with Gasteiger partial charge in [0.2, 0.25) is 0 Å². The zero-order valence-corrected chi connectivity index (χ0v) is 76.2. The van der Waals surface area contributed by atoms with Crippen LogP contribution >= 0.6 is 0 Å².